The van der Waals surface area contributed by atoms with Crippen LogP contribution in [0.25, 0.3) is 0 Å². The van der Waals surface area contributed by atoms with Gasteiger partial charge in [0.15, 0.2) is 10.2 Å². The van der Waals surface area contributed by atoms with Crippen LogP contribution in [0, 0.1) is 0 Å². The van der Waals surface area contributed by atoms with E-state index in [9.17, 15) is 0 Å². The number of pyridine rings is 1. The molecule has 3 heterocycles. The summed E-state index contributed by atoms with van der Waals surface area (Å²) in [7, 11) is 0. The first-order valence-corrected chi connectivity index (χ1v) is 11.3. The van der Waals surface area contributed by atoms with Gasteiger partial charge in [0.05, 0.1) is 11.7 Å². The second-order valence-electron chi connectivity index (χ2n) is 7.54. The number of nitrogens with zero attached hydrogens (tertiary/aromatic N) is 2. The first-order chi connectivity index (χ1) is 14.3. The third-order valence-electron chi connectivity index (χ3n) is 5.71. The number of benzene rings is 1. The van der Waals surface area contributed by atoms with Gasteiger partial charge in [0.25, 0.3) is 0 Å². The lowest BCUT2D eigenvalue weighted by molar-refractivity contribution is 0.210. The fraction of sp³-hybridized carbons (Fsp3) is 0.304. The summed E-state index contributed by atoms with van der Waals surface area (Å²) in [4.78, 5) is 8.15. The molecule has 1 saturated heterocycles. The van der Waals surface area contributed by atoms with Crippen LogP contribution in [0.2, 0.25) is 0 Å². The zero-order chi connectivity index (χ0) is 19.6. The van der Waals surface area contributed by atoms with Gasteiger partial charge in [-0.3, -0.25) is 4.98 Å². The van der Waals surface area contributed by atoms with Crippen molar-refractivity contribution in [3.8, 4) is 0 Å². The average molecular weight is 422 g/mol. The summed E-state index contributed by atoms with van der Waals surface area (Å²) in [6.07, 6.45) is 6.73. The highest BCUT2D eigenvalue weighted by Gasteiger charge is 2.45. The lowest BCUT2D eigenvalue weighted by atomic mass is 10.0. The molecule has 0 unspecified atom stereocenters. The van der Waals surface area contributed by atoms with E-state index in [2.05, 4.69) is 45.5 Å². The average Bonchev–Trinajstić information content (AvgIpc) is 3.49. The van der Waals surface area contributed by atoms with Gasteiger partial charge in [-0.15, -0.1) is 0 Å². The molecule has 1 saturated carbocycles. The van der Waals surface area contributed by atoms with Crippen LogP contribution in [-0.4, -0.2) is 21.0 Å². The van der Waals surface area contributed by atoms with Crippen molar-refractivity contribution >= 4 is 29.1 Å². The van der Waals surface area contributed by atoms with Crippen molar-refractivity contribution in [3.63, 3.8) is 0 Å². The highest BCUT2D eigenvalue weighted by Crippen LogP contribution is 2.44. The Morgan fingerprint density at radius 2 is 1.79 bits per heavy atom. The monoisotopic (exact) mass is 421 g/mol. The number of hydrogen-bond acceptors (Lipinski definition) is 4. The van der Waals surface area contributed by atoms with Gasteiger partial charge in [0.2, 0.25) is 0 Å². The van der Waals surface area contributed by atoms with E-state index in [4.69, 9.17) is 16.6 Å². The first kappa shape index (κ1) is 18.7. The molecule has 29 heavy (non-hydrogen) atoms. The van der Waals surface area contributed by atoms with Crippen LogP contribution in [-0.2, 0) is 0 Å². The van der Waals surface area contributed by atoms with E-state index in [-0.39, 0.29) is 12.1 Å². The van der Waals surface area contributed by atoms with E-state index in [1.54, 1.807) is 11.8 Å². The third-order valence-corrected chi connectivity index (χ3v) is 6.97. The molecule has 1 aliphatic heterocycles. The number of furan rings is 1. The van der Waals surface area contributed by atoms with Crippen molar-refractivity contribution in [2.24, 2.45) is 0 Å². The molecule has 0 radical (unpaired) electrons. The van der Waals surface area contributed by atoms with Crippen LogP contribution in [0.1, 0.15) is 49.2 Å². The van der Waals surface area contributed by atoms with Gasteiger partial charge in [0, 0.05) is 17.1 Å². The Hall–Kier alpha value is -2.31. The molecule has 2 atom stereocenters. The molecule has 2 fully saturated rings. The van der Waals surface area contributed by atoms with Crippen LogP contribution in [0.4, 0.5) is 0 Å². The largest absolute Gasteiger partial charge is 0.452 e. The Labute approximate surface area is 180 Å². The Morgan fingerprint density at radius 1 is 1.00 bits per heavy atom. The minimum atomic E-state index is -0.00924. The highest BCUT2D eigenvalue weighted by atomic mass is 32.2. The second kappa shape index (κ2) is 8.20. The molecule has 148 valence electrons. The van der Waals surface area contributed by atoms with Gasteiger partial charge in [-0.05, 0) is 61.5 Å². The van der Waals surface area contributed by atoms with E-state index in [1.807, 2.05) is 36.5 Å². The molecule has 5 rings (SSSR count). The molecular formula is C23H23N3OS2. The number of rotatable bonds is 5. The Balaban J connectivity index is 1.48. The molecule has 0 bridgehead atoms. The van der Waals surface area contributed by atoms with Gasteiger partial charge in [-0.2, -0.15) is 0 Å². The minimum Gasteiger partial charge on any atom is -0.452 e. The van der Waals surface area contributed by atoms with Crippen LogP contribution in [0.15, 0.2) is 81.3 Å². The zero-order valence-corrected chi connectivity index (χ0v) is 17.7. The SMILES string of the molecule is S=C1N[C@@H](c2ccccn2)[C@H](c2ccc(Sc3ccccc3)o2)N1C1CCCC1. The first-order valence-electron chi connectivity index (χ1n) is 10.1. The summed E-state index contributed by atoms with van der Waals surface area (Å²) >= 11 is 7.43. The van der Waals surface area contributed by atoms with E-state index in [1.165, 1.54) is 30.6 Å². The molecule has 3 aromatic rings. The smallest absolute Gasteiger partial charge is 0.170 e. The Bertz CT molecular complexity index is 970. The normalized spacial score (nSPS) is 22.2. The number of aromatic nitrogens is 1. The maximum atomic E-state index is 6.36. The molecule has 2 aliphatic rings. The maximum Gasteiger partial charge on any atom is 0.170 e. The van der Waals surface area contributed by atoms with Gasteiger partial charge in [-0.1, -0.05) is 48.9 Å². The van der Waals surface area contributed by atoms with Crippen molar-refractivity contribution < 1.29 is 4.42 Å². The molecule has 4 nitrogen and oxygen atoms in total. The van der Waals surface area contributed by atoms with Crippen molar-refractivity contribution in [3.05, 3.63) is 78.3 Å². The van der Waals surface area contributed by atoms with Crippen LogP contribution in [0.3, 0.4) is 0 Å². The van der Waals surface area contributed by atoms with E-state index in [0.717, 1.165) is 21.7 Å². The number of nitrogens with one attached hydrogen (secondary N) is 1. The zero-order valence-electron chi connectivity index (χ0n) is 16.0. The summed E-state index contributed by atoms with van der Waals surface area (Å²) in [5.74, 6) is 0.943. The van der Waals surface area contributed by atoms with Gasteiger partial charge in [0.1, 0.15) is 11.8 Å². The summed E-state index contributed by atoms with van der Waals surface area (Å²) in [5.41, 5.74) is 0.994. The van der Waals surface area contributed by atoms with Crippen LogP contribution < -0.4 is 5.32 Å². The van der Waals surface area contributed by atoms with Gasteiger partial charge < -0.3 is 14.6 Å². The lowest BCUT2D eigenvalue weighted by Crippen LogP contribution is -2.37. The van der Waals surface area contributed by atoms with E-state index in [0.29, 0.717) is 6.04 Å². The van der Waals surface area contributed by atoms with Crippen molar-refractivity contribution in [2.45, 2.75) is 53.8 Å². The molecule has 6 heteroatoms. The Kier molecular flexibility index (Phi) is 5.29. The van der Waals surface area contributed by atoms with Crippen molar-refractivity contribution in [1.29, 1.82) is 0 Å². The molecule has 0 amide bonds. The lowest BCUT2D eigenvalue weighted by Gasteiger charge is -2.31. The summed E-state index contributed by atoms with van der Waals surface area (Å²) in [6.45, 7) is 0. The van der Waals surface area contributed by atoms with Crippen molar-refractivity contribution in [2.75, 3.05) is 0 Å². The fourth-order valence-corrected chi connectivity index (χ4v) is 5.59. The van der Waals surface area contributed by atoms with E-state index >= 15 is 0 Å². The topological polar surface area (TPSA) is 41.3 Å². The number of thiocarbonyl (C=S) groups is 1. The molecular weight excluding hydrogens is 398 g/mol. The van der Waals surface area contributed by atoms with Crippen molar-refractivity contribution in [1.82, 2.24) is 15.2 Å². The minimum absolute atomic E-state index is 0.00924. The van der Waals surface area contributed by atoms with Gasteiger partial charge >= 0.3 is 0 Å². The third kappa shape index (κ3) is 3.79. The maximum absolute atomic E-state index is 6.36. The standard InChI is InChI=1S/C23H23N3OS2/c28-23-25-21(18-12-6-7-15-24-18)22(26(23)16-8-4-5-9-16)19-13-14-20(27-19)29-17-10-2-1-3-11-17/h1-3,6-7,10-16,21-22H,4-5,8-9H2,(H,25,28)/t21-,22-/m0/s1. The molecule has 1 aliphatic carbocycles. The Morgan fingerprint density at radius 3 is 2.55 bits per heavy atom. The molecule has 2 aromatic heterocycles. The summed E-state index contributed by atoms with van der Waals surface area (Å²) < 4.78 is 6.36. The van der Waals surface area contributed by atoms with Crippen LogP contribution >= 0.6 is 24.0 Å². The summed E-state index contributed by atoms with van der Waals surface area (Å²) in [5, 5.41) is 5.24. The van der Waals surface area contributed by atoms with E-state index < -0.39 is 0 Å². The predicted molar refractivity (Wildman–Crippen MR) is 119 cm³/mol. The highest BCUT2D eigenvalue weighted by molar-refractivity contribution is 7.99. The number of hydrogen-bond donors (Lipinski definition) is 1. The molecule has 1 N–H and O–H groups in total. The van der Waals surface area contributed by atoms with Crippen LogP contribution in [0.5, 0.6) is 0 Å². The predicted octanol–water partition coefficient (Wildman–Crippen LogP) is 5.74. The van der Waals surface area contributed by atoms with Gasteiger partial charge in [-0.25, -0.2) is 0 Å². The summed E-state index contributed by atoms with van der Waals surface area (Å²) in [6, 6.07) is 21.0. The second-order valence-corrected chi connectivity index (χ2v) is 9.01. The molecule has 1 aromatic carbocycles. The quantitative estimate of drug-likeness (QED) is 0.530. The fourth-order valence-electron chi connectivity index (χ4n) is 4.40. The molecule has 0 spiro atoms.